The predicted molar refractivity (Wildman–Crippen MR) is 89.1 cm³/mol. The van der Waals surface area contributed by atoms with Crippen LogP contribution >= 0.6 is 0 Å². The number of aromatic hydroxyl groups is 1. The van der Waals surface area contributed by atoms with Crippen molar-refractivity contribution in [2.24, 2.45) is 14.1 Å². The van der Waals surface area contributed by atoms with E-state index in [0.717, 1.165) is 5.82 Å². The molecule has 3 aromatic rings. The van der Waals surface area contributed by atoms with Gasteiger partial charge in [0.2, 0.25) is 0 Å². The molecule has 0 bridgehead atoms. The minimum absolute atomic E-state index is 0.169. The normalized spacial score (nSPS) is 12.1. The summed E-state index contributed by atoms with van der Waals surface area (Å²) in [6.45, 7) is 1.97. The Kier molecular flexibility index (Phi) is 5.81. The van der Waals surface area contributed by atoms with Gasteiger partial charge in [-0.05, 0) is 19.1 Å². The van der Waals surface area contributed by atoms with Crippen LogP contribution in [0.2, 0.25) is 0 Å². The fraction of sp³-hybridized carbons (Fsp3) is 0.200. The number of rotatable bonds is 0. The van der Waals surface area contributed by atoms with E-state index in [4.69, 9.17) is 14.0 Å². The first kappa shape index (κ1) is 16.6. The number of hydrogen-bond donors (Lipinski definition) is 1. The molecule has 0 spiro atoms. The molecule has 0 saturated carbocycles. The van der Waals surface area contributed by atoms with Gasteiger partial charge in [-0.2, -0.15) is 0 Å². The molecule has 0 atom stereocenters. The zero-order valence-electron chi connectivity index (χ0n) is 13.4. The molecule has 0 amide bonds. The first-order chi connectivity index (χ1) is 11.1. The van der Waals surface area contributed by atoms with Gasteiger partial charge in [0, 0.05) is 38.9 Å². The monoisotopic (exact) mass is 332 g/mol. The quantitative estimate of drug-likeness (QED) is 0.628. The zero-order chi connectivity index (χ0) is 16.7. The van der Waals surface area contributed by atoms with Crippen molar-refractivity contribution in [2.75, 3.05) is 0 Å². The maximum absolute atomic E-state index is 9.15. The fourth-order valence-electron chi connectivity index (χ4n) is 1.68. The van der Waals surface area contributed by atoms with Crippen molar-refractivity contribution >= 4 is 10.0 Å². The highest BCUT2D eigenvalue weighted by Gasteiger charge is 2.16. The van der Waals surface area contributed by atoms with Gasteiger partial charge in [0.15, 0.2) is 17.2 Å². The van der Waals surface area contributed by atoms with Crippen LogP contribution in [-0.2, 0) is 14.1 Å². The van der Waals surface area contributed by atoms with Gasteiger partial charge in [-0.15, -0.1) is 0 Å². The largest absolute Gasteiger partial charge is 0.513 e. The van der Waals surface area contributed by atoms with Crippen LogP contribution in [-0.4, -0.2) is 34.2 Å². The van der Waals surface area contributed by atoms with Crippen molar-refractivity contribution in [2.45, 2.75) is 6.92 Å². The SMILES string of the molecule is Cc1nccn1C.Cn1ccnc1.Oc1cccc2c1O[SiH2]O2. The van der Waals surface area contributed by atoms with E-state index >= 15 is 0 Å². The molecule has 8 heteroatoms. The van der Waals surface area contributed by atoms with E-state index in [2.05, 4.69) is 9.97 Å². The van der Waals surface area contributed by atoms with Crippen molar-refractivity contribution in [1.29, 1.82) is 0 Å². The topological polar surface area (TPSA) is 74.3 Å². The molecule has 0 radical (unpaired) electrons. The second-order valence-electron chi connectivity index (χ2n) is 4.82. The maximum atomic E-state index is 9.15. The Morgan fingerprint density at radius 2 is 1.96 bits per heavy atom. The van der Waals surface area contributed by atoms with E-state index in [1.165, 1.54) is 0 Å². The summed E-state index contributed by atoms with van der Waals surface area (Å²) in [5, 5.41) is 9.15. The number of benzene rings is 1. The lowest BCUT2D eigenvalue weighted by Gasteiger charge is -1.97. The second-order valence-corrected chi connectivity index (χ2v) is 5.64. The molecule has 23 heavy (non-hydrogen) atoms. The Hall–Kier alpha value is -2.74. The smallest absolute Gasteiger partial charge is 0.428 e. The molecule has 1 aliphatic heterocycles. The first-order valence-electron chi connectivity index (χ1n) is 7.01. The molecule has 2 aromatic heterocycles. The van der Waals surface area contributed by atoms with Gasteiger partial charge in [0.25, 0.3) is 0 Å². The maximum Gasteiger partial charge on any atom is 0.428 e. The molecular weight excluding hydrogens is 312 g/mol. The highest BCUT2D eigenvalue weighted by Crippen LogP contribution is 2.38. The Morgan fingerprint density at radius 1 is 1.13 bits per heavy atom. The summed E-state index contributed by atoms with van der Waals surface area (Å²) in [5.41, 5.74) is 0. The van der Waals surface area contributed by atoms with Crippen LogP contribution in [0.3, 0.4) is 0 Å². The average molecular weight is 332 g/mol. The molecule has 0 fully saturated rings. The number of nitrogens with zero attached hydrogens (tertiary/aromatic N) is 4. The third-order valence-electron chi connectivity index (χ3n) is 3.07. The summed E-state index contributed by atoms with van der Waals surface area (Å²) in [4.78, 5) is 7.76. The van der Waals surface area contributed by atoms with Gasteiger partial charge < -0.3 is 23.1 Å². The van der Waals surface area contributed by atoms with Crippen molar-refractivity contribution in [3.8, 4) is 17.2 Å². The summed E-state index contributed by atoms with van der Waals surface area (Å²) in [6, 6.07) is 5.11. The van der Waals surface area contributed by atoms with Gasteiger partial charge >= 0.3 is 10.0 Å². The highest BCUT2D eigenvalue weighted by molar-refractivity contribution is 6.23. The number of phenols is 1. The van der Waals surface area contributed by atoms with Crippen LogP contribution in [0.15, 0.2) is 49.3 Å². The van der Waals surface area contributed by atoms with E-state index < -0.39 is 10.0 Å². The number of imidazole rings is 2. The zero-order valence-corrected chi connectivity index (χ0v) is 14.8. The van der Waals surface area contributed by atoms with Crippen molar-refractivity contribution < 1.29 is 14.0 Å². The third kappa shape index (κ3) is 4.89. The summed E-state index contributed by atoms with van der Waals surface area (Å²) in [5.74, 6) is 2.41. The minimum atomic E-state index is -0.892. The Bertz CT molecular complexity index is 712. The van der Waals surface area contributed by atoms with Crippen molar-refractivity contribution in [3.05, 3.63) is 55.1 Å². The number of phenolic OH excluding ortho intramolecular Hbond substituents is 1. The fourth-order valence-corrected chi connectivity index (χ4v) is 2.50. The third-order valence-corrected chi connectivity index (χ3v) is 3.91. The number of fused-ring (bicyclic) bond motifs is 1. The van der Waals surface area contributed by atoms with Crippen LogP contribution in [0.5, 0.6) is 17.2 Å². The molecule has 1 N–H and O–H groups in total. The molecule has 0 unspecified atom stereocenters. The Morgan fingerprint density at radius 3 is 2.39 bits per heavy atom. The molecule has 0 saturated heterocycles. The lowest BCUT2D eigenvalue weighted by molar-refractivity contribution is 0.446. The van der Waals surface area contributed by atoms with Crippen LogP contribution < -0.4 is 8.85 Å². The number of hydrogen-bond acceptors (Lipinski definition) is 5. The van der Waals surface area contributed by atoms with Crippen molar-refractivity contribution in [1.82, 2.24) is 19.1 Å². The van der Waals surface area contributed by atoms with Crippen LogP contribution in [0.1, 0.15) is 5.82 Å². The minimum Gasteiger partial charge on any atom is -0.513 e. The van der Waals surface area contributed by atoms with Gasteiger partial charge in [-0.3, -0.25) is 0 Å². The molecule has 1 aliphatic rings. The summed E-state index contributed by atoms with van der Waals surface area (Å²) < 4.78 is 14.1. The Balaban J connectivity index is 0.000000131. The second kappa shape index (κ2) is 8.04. The molecule has 7 nitrogen and oxygen atoms in total. The lowest BCUT2D eigenvalue weighted by atomic mass is 10.3. The highest BCUT2D eigenvalue weighted by atomic mass is 28.3. The molecule has 4 rings (SSSR count). The van der Waals surface area contributed by atoms with Crippen LogP contribution in [0.4, 0.5) is 0 Å². The molecule has 122 valence electrons. The van der Waals surface area contributed by atoms with Crippen molar-refractivity contribution in [3.63, 3.8) is 0 Å². The standard InChI is InChI=1S/C6H6O3Si.C5H8N2.C4H6N2/c7-4-2-1-3-5-6(4)9-10-8-5;1-5-6-3-4-7(5)2;1-6-3-2-5-4-6/h1-3,7H,10H2;3-4H,1-2H3;2-4H,1H3. The number of aryl methyl sites for hydroxylation is 3. The number of para-hydroxylation sites is 1. The Labute approximate surface area is 137 Å². The van der Waals surface area contributed by atoms with E-state index in [-0.39, 0.29) is 5.75 Å². The molecule has 1 aromatic carbocycles. The summed E-state index contributed by atoms with van der Waals surface area (Å²) >= 11 is 0. The lowest BCUT2D eigenvalue weighted by Crippen LogP contribution is -1.99. The van der Waals surface area contributed by atoms with E-state index in [1.807, 2.05) is 42.5 Å². The van der Waals surface area contributed by atoms with Gasteiger partial charge in [0.1, 0.15) is 5.82 Å². The van der Waals surface area contributed by atoms with E-state index in [9.17, 15) is 0 Å². The first-order valence-corrected chi connectivity index (χ1v) is 8.17. The van der Waals surface area contributed by atoms with Gasteiger partial charge in [-0.1, -0.05) is 6.07 Å². The van der Waals surface area contributed by atoms with Gasteiger partial charge in [0.05, 0.1) is 6.33 Å². The van der Waals surface area contributed by atoms with Crippen LogP contribution in [0.25, 0.3) is 0 Å². The summed E-state index contributed by atoms with van der Waals surface area (Å²) in [7, 11) is 3.02. The average Bonchev–Trinajstić information content (AvgIpc) is 3.26. The molecule has 3 heterocycles. The van der Waals surface area contributed by atoms with Crippen LogP contribution in [0, 0.1) is 6.92 Å². The van der Waals surface area contributed by atoms with Gasteiger partial charge in [-0.25, -0.2) is 9.97 Å². The summed E-state index contributed by atoms with van der Waals surface area (Å²) in [6.07, 6.45) is 9.10. The van der Waals surface area contributed by atoms with E-state index in [1.54, 1.807) is 36.9 Å². The predicted octanol–water partition coefficient (Wildman–Crippen LogP) is 1.31. The number of aromatic nitrogens is 4. The van der Waals surface area contributed by atoms with E-state index in [0.29, 0.717) is 11.5 Å². The molecular formula is C15H20N4O3Si. The molecule has 0 aliphatic carbocycles.